The highest BCUT2D eigenvalue weighted by Crippen LogP contribution is 2.30. The molecule has 0 spiro atoms. The van der Waals surface area contributed by atoms with Crippen LogP contribution in [0.2, 0.25) is 0 Å². The van der Waals surface area contributed by atoms with Crippen LogP contribution in [0.4, 0.5) is 0 Å². The second-order valence-electron chi connectivity index (χ2n) is 4.17. The lowest BCUT2D eigenvalue weighted by atomic mass is 10.1. The first-order chi connectivity index (χ1) is 8.61. The van der Waals surface area contributed by atoms with E-state index in [1.807, 2.05) is 18.2 Å². The van der Waals surface area contributed by atoms with Gasteiger partial charge < -0.3 is 15.2 Å². The summed E-state index contributed by atoms with van der Waals surface area (Å²) in [4.78, 5) is 0. The van der Waals surface area contributed by atoms with Gasteiger partial charge in [-0.05, 0) is 24.1 Å². The fourth-order valence-electron chi connectivity index (χ4n) is 1.80. The number of hydrogen-bond donors (Lipinski definition) is 1. The Hall–Kier alpha value is -1.27. The Bertz CT molecular complexity index is 513. The van der Waals surface area contributed by atoms with E-state index < -0.39 is 9.84 Å². The zero-order chi connectivity index (χ0) is 13.0. The first-order valence-corrected chi connectivity index (χ1v) is 7.72. The Morgan fingerprint density at radius 1 is 1.11 bits per heavy atom. The van der Waals surface area contributed by atoms with Gasteiger partial charge in [-0.2, -0.15) is 0 Å². The number of sulfone groups is 1. The number of benzene rings is 1. The number of aryl methyl sites for hydroxylation is 1. The van der Waals surface area contributed by atoms with Crippen LogP contribution >= 0.6 is 0 Å². The molecule has 5 nitrogen and oxygen atoms in total. The molecular weight excluding hydrogens is 254 g/mol. The second kappa shape index (κ2) is 5.58. The molecule has 0 unspecified atom stereocenters. The third-order valence-electron chi connectivity index (χ3n) is 2.74. The molecule has 1 aromatic rings. The summed E-state index contributed by atoms with van der Waals surface area (Å²) in [5.74, 6) is 1.56. The summed E-state index contributed by atoms with van der Waals surface area (Å²) in [7, 11) is -3.05. The second-order valence-corrected chi connectivity index (χ2v) is 6.47. The van der Waals surface area contributed by atoms with E-state index in [1.54, 1.807) is 0 Å². The van der Waals surface area contributed by atoms with Gasteiger partial charge in [0.15, 0.2) is 21.3 Å². The van der Waals surface area contributed by atoms with E-state index in [0.717, 1.165) is 11.3 Å². The zero-order valence-electron chi connectivity index (χ0n) is 10.1. The van der Waals surface area contributed by atoms with Crippen molar-refractivity contribution in [2.45, 2.75) is 6.42 Å². The van der Waals surface area contributed by atoms with Crippen molar-refractivity contribution in [3.05, 3.63) is 23.8 Å². The number of fused-ring (bicyclic) bond motifs is 1. The van der Waals surface area contributed by atoms with Gasteiger partial charge in [0.2, 0.25) is 0 Å². The quantitative estimate of drug-likeness (QED) is 0.837. The van der Waals surface area contributed by atoms with E-state index >= 15 is 0 Å². The number of ether oxygens (including phenoxy) is 2. The zero-order valence-corrected chi connectivity index (χ0v) is 10.9. The average Bonchev–Trinajstić information content (AvgIpc) is 2.36. The van der Waals surface area contributed by atoms with Crippen LogP contribution in [-0.2, 0) is 16.3 Å². The van der Waals surface area contributed by atoms with Gasteiger partial charge in [0.05, 0.1) is 11.5 Å². The summed E-state index contributed by atoms with van der Waals surface area (Å²) in [5.41, 5.74) is 6.19. The Kier molecular flexibility index (Phi) is 4.08. The van der Waals surface area contributed by atoms with Crippen LogP contribution in [0.15, 0.2) is 18.2 Å². The predicted molar refractivity (Wildman–Crippen MR) is 68.8 cm³/mol. The van der Waals surface area contributed by atoms with Crippen LogP contribution in [-0.4, -0.2) is 39.7 Å². The highest BCUT2D eigenvalue weighted by Gasteiger charge is 2.14. The van der Waals surface area contributed by atoms with Crippen molar-refractivity contribution in [1.29, 1.82) is 0 Å². The molecule has 0 fully saturated rings. The predicted octanol–water partition coefficient (Wildman–Crippen LogP) is 0.374. The molecule has 100 valence electrons. The highest BCUT2D eigenvalue weighted by atomic mass is 32.2. The molecule has 6 heteroatoms. The van der Waals surface area contributed by atoms with Crippen LogP contribution in [0.3, 0.4) is 0 Å². The molecule has 0 bridgehead atoms. The Morgan fingerprint density at radius 3 is 2.56 bits per heavy atom. The molecule has 18 heavy (non-hydrogen) atoms. The van der Waals surface area contributed by atoms with Crippen molar-refractivity contribution >= 4 is 9.84 Å². The van der Waals surface area contributed by atoms with E-state index in [4.69, 9.17) is 15.2 Å². The third kappa shape index (κ3) is 3.36. The first kappa shape index (κ1) is 13.2. The molecule has 0 amide bonds. The maximum atomic E-state index is 11.6. The van der Waals surface area contributed by atoms with Crippen molar-refractivity contribution in [3.63, 3.8) is 0 Å². The van der Waals surface area contributed by atoms with Crippen molar-refractivity contribution in [2.24, 2.45) is 5.73 Å². The van der Waals surface area contributed by atoms with Gasteiger partial charge in [-0.1, -0.05) is 6.07 Å². The third-order valence-corrected chi connectivity index (χ3v) is 4.42. The summed E-state index contributed by atoms with van der Waals surface area (Å²) in [6.45, 7) is 1.25. The highest BCUT2D eigenvalue weighted by molar-refractivity contribution is 7.91. The lowest BCUT2D eigenvalue weighted by Gasteiger charge is -2.18. The van der Waals surface area contributed by atoms with Gasteiger partial charge in [0.1, 0.15) is 13.2 Å². The van der Waals surface area contributed by atoms with Crippen molar-refractivity contribution in [3.8, 4) is 11.5 Å². The number of hydrogen-bond acceptors (Lipinski definition) is 5. The van der Waals surface area contributed by atoms with Crippen molar-refractivity contribution in [2.75, 3.05) is 31.3 Å². The molecule has 1 aliphatic heterocycles. The van der Waals surface area contributed by atoms with Crippen LogP contribution in [0.5, 0.6) is 11.5 Å². The Balaban J connectivity index is 2.02. The largest absolute Gasteiger partial charge is 0.486 e. The maximum Gasteiger partial charge on any atom is 0.161 e. The average molecular weight is 271 g/mol. The van der Waals surface area contributed by atoms with E-state index in [0.29, 0.717) is 25.4 Å². The fourth-order valence-corrected chi connectivity index (χ4v) is 2.91. The molecule has 0 radical (unpaired) electrons. The summed E-state index contributed by atoms with van der Waals surface area (Å²) < 4.78 is 34.0. The molecule has 0 saturated carbocycles. The van der Waals surface area contributed by atoms with Gasteiger partial charge in [-0.3, -0.25) is 0 Å². The van der Waals surface area contributed by atoms with E-state index in [9.17, 15) is 8.42 Å². The minimum Gasteiger partial charge on any atom is -0.486 e. The summed E-state index contributed by atoms with van der Waals surface area (Å²) in [6, 6.07) is 5.53. The van der Waals surface area contributed by atoms with Gasteiger partial charge in [0, 0.05) is 6.54 Å². The number of nitrogens with two attached hydrogens (primary N) is 1. The lowest BCUT2D eigenvalue weighted by Crippen LogP contribution is -2.19. The lowest BCUT2D eigenvalue weighted by molar-refractivity contribution is 0.171. The molecular formula is C12H17NO4S. The van der Waals surface area contributed by atoms with Crippen LogP contribution in [0.25, 0.3) is 0 Å². The molecule has 1 heterocycles. The van der Waals surface area contributed by atoms with Crippen molar-refractivity contribution < 1.29 is 17.9 Å². The van der Waals surface area contributed by atoms with E-state index in [-0.39, 0.29) is 18.1 Å². The fraction of sp³-hybridized carbons (Fsp3) is 0.500. The molecule has 0 atom stereocenters. The SMILES string of the molecule is NCCS(=O)(=O)CCc1ccc2c(c1)OCCO2. The van der Waals surface area contributed by atoms with Crippen LogP contribution < -0.4 is 15.2 Å². The molecule has 2 rings (SSSR count). The van der Waals surface area contributed by atoms with Gasteiger partial charge in [0.25, 0.3) is 0 Å². The molecule has 1 aromatic carbocycles. The van der Waals surface area contributed by atoms with Gasteiger partial charge >= 0.3 is 0 Å². The minimum atomic E-state index is -3.05. The molecule has 0 aliphatic carbocycles. The van der Waals surface area contributed by atoms with E-state index in [2.05, 4.69) is 0 Å². The Morgan fingerprint density at radius 2 is 1.83 bits per heavy atom. The number of rotatable bonds is 5. The van der Waals surface area contributed by atoms with Gasteiger partial charge in [-0.25, -0.2) is 8.42 Å². The van der Waals surface area contributed by atoms with Crippen LogP contribution in [0.1, 0.15) is 5.56 Å². The smallest absolute Gasteiger partial charge is 0.161 e. The monoisotopic (exact) mass is 271 g/mol. The van der Waals surface area contributed by atoms with Gasteiger partial charge in [-0.15, -0.1) is 0 Å². The molecule has 0 saturated heterocycles. The standard InChI is InChI=1S/C12H17NO4S/c13-4-8-18(14,15)7-3-10-1-2-11-12(9-10)17-6-5-16-11/h1-2,9H,3-8,13H2. The summed E-state index contributed by atoms with van der Waals surface area (Å²) in [5, 5.41) is 0. The molecule has 0 aromatic heterocycles. The topological polar surface area (TPSA) is 78.6 Å². The normalized spacial score (nSPS) is 14.5. The Labute approximate surface area is 107 Å². The summed E-state index contributed by atoms with van der Waals surface area (Å²) >= 11 is 0. The molecule has 1 aliphatic rings. The van der Waals surface area contributed by atoms with Crippen molar-refractivity contribution in [1.82, 2.24) is 0 Å². The van der Waals surface area contributed by atoms with E-state index in [1.165, 1.54) is 0 Å². The first-order valence-electron chi connectivity index (χ1n) is 5.90. The maximum absolute atomic E-state index is 11.6. The molecule has 2 N–H and O–H groups in total. The van der Waals surface area contributed by atoms with Crippen LogP contribution in [0, 0.1) is 0 Å². The summed E-state index contributed by atoms with van der Waals surface area (Å²) in [6.07, 6.45) is 0.471. The minimum absolute atomic E-state index is 0.0392.